The van der Waals surface area contributed by atoms with Gasteiger partial charge in [0.25, 0.3) is 5.91 Å². The molecule has 6 heteroatoms. The second-order valence-electron chi connectivity index (χ2n) is 4.74. The van der Waals surface area contributed by atoms with Crippen LogP contribution in [0, 0.1) is 0 Å². The average molecular weight is 255 g/mol. The highest BCUT2D eigenvalue weighted by molar-refractivity contribution is 8.01. The molecule has 2 fully saturated rings. The zero-order chi connectivity index (χ0) is 13.0. The van der Waals surface area contributed by atoms with Crippen molar-refractivity contribution in [3.8, 4) is 0 Å². The van der Waals surface area contributed by atoms with Crippen LogP contribution in [0.1, 0.15) is 20.8 Å². The van der Waals surface area contributed by atoms with Gasteiger partial charge in [-0.25, -0.2) is 4.79 Å². The molecule has 0 aliphatic carbocycles. The van der Waals surface area contributed by atoms with Crippen LogP contribution in [0.2, 0.25) is 0 Å². The fourth-order valence-electron chi connectivity index (χ4n) is 2.27. The van der Waals surface area contributed by atoms with Crippen LogP contribution >= 0.6 is 11.8 Å². The Bertz CT molecular complexity index is 454. The van der Waals surface area contributed by atoms with Crippen molar-refractivity contribution in [1.29, 1.82) is 0 Å². The molecule has 2 saturated heterocycles. The van der Waals surface area contributed by atoms with Gasteiger partial charge in [-0.2, -0.15) is 0 Å². The largest absolute Gasteiger partial charge is 0.480 e. The van der Waals surface area contributed by atoms with Crippen LogP contribution in [0.15, 0.2) is 11.6 Å². The van der Waals surface area contributed by atoms with Gasteiger partial charge in [-0.1, -0.05) is 0 Å². The Kier molecular flexibility index (Phi) is 2.57. The standard InChI is InChI=1S/C11H13NO4S/c1-5(13)4-6-8(14)12-7(10(15)16)11(2,3)17-9(6)12/h4,7,9H,1-3H3,(H,15,16)/t7-,9+/m0/s1. The zero-order valence-corrected chi connectivity index (χ0v) is 10.6. The summed E-state index contributed by atoms with van der Waals surface area (Å²) in [6, 6.07) is -0.825. The van der Waals surface area contributed by atoms with E-state index in [1.54, 1.807) is 13.8 Å². The maximum Gasteiger partial charge on any atom is 0.327 e. The Morgan fingerprint density at radius 1 is 1.47 bits per heavy atom. The van der Waals surface area contributed by atoms with Crippen molar-refractivity contribution in [2.75, 3.05) is 0 Å². The van der Waals surface area contributed by atoms with Crippen LogP contribution in [0.25, 0.3) is 0 Å². The molecule has 5 nitrogen and oxygen atoms in total. The smallest absolute Gasteiger partial charge is 0.327 e. The lowest BCUT2D eigenvalue weighted by Crippen LogP contribution is -2.58. The number of thioether (sulfide) groups is 1. The van der Waals surface area contributed by atoms with E-state index in [0.29, 0.717) is 5.57 Å². The summed E-state index contributed by atoms with van der Waals surface area (Å²) in [5.41, 5.74) is 0.416. The summed E-state index contributed by atoms with van der Waals surface area (Å²) in [6.45, 7) is 4.98. The Morgan fingerprint density at radius 3 is 2.53 bits per heavy atom. The third-order valence-corrected chi connectivity index (χ3v) is 4.48. The molecule has 2 rings (SSSR count). The number of hydrogen-bond acceptors (Lipinski definition) is 4. The maximum atomic E-state index is 11.8. The Balaban J connectivity index is 2.34. The lowest BCUT2D eigenvalue weighted by molar-refractivity contribution is -0.152. The molecule has 0 aromatic rings. The molecule has 1 amide bonds. The number of amides is 1. The fraction of sp³-hybridized carbons (Fsp3) is 0.545. The number of carbonyl (C=O) groups excluding carboxylic acids is 2. The van der Waals surface area contributed by atoms with E-state index in [0.717, 1.165) is 0 Å². The summed E-state index contributed by atoms with van der Waals surface area (Å²) >= 11 is 1.41. The lowest BCUT2D eigenvalue weighted by atomic mass is 9.95. The van der Waals surface area contributed by atoms with Crippen LogP contribution in [0.3, 0.4) is 0 Å². The highest BCUT2D eigenvalue weighted by Gasteiger charge is 2.61. The van der Waals surface area contributed by atoms with E-state index in [1.165, 1.54) is 29.7 Å². The van der Waals surface area contributed by atoms with Gasteiger partial charge in [0.1, 0.15) is 11.4 Å². The fourth-order valence-corrected chi connectivity index (χ4v) is 3.82. The number of fused-ring (bicyclic) bond motifs is 1. The normalized spacial score (nSPS) is 32.3. The van der Waals surface area contributed by atoms with Crippen LogP contribution in [0.5, 0.6) is 0 Å². The lowest BCUT2D eigenvalue weighted by Gasteiger charge is -2.38. The number of nitrogens with zero attached hydrogens (tertiary/aromatic N) is 1. The molecule has 2 atom stereocenters. The predicted molar refractivity (Wildman–Crippen MR) is 62.5 cm³/mol. The van der Waals surface area contributed by atoms with Crippen molar-refractivity contribution >= 4 is 29.4 Å². The van der Waals surface area contributed by atoms with Crippen LogP contribution in [-0.4, -0.2) is 43.8 Å². The first-order valence-corrected chi connectivity index (χ1v) is 6.09. The third-order valence-electron chi connectivity index (χ3n) is 2.94. The third kappa shape index (κ3) is 1.67. The number of rotatable bonds is 2. The average Bonchev–Trinajstić information content (AvgIpc) is 2.43. The summed E-state index contributed by atoms with van der Waals surface area (Å²) in [4.78, 5) is 35.3. The topological polar surface area (TPSA) is 74.7 Å². The van der Waals surface area contributed by atoms with Gasteiger partial charge in [0.15, 0.2) is 5.78 Å². The van der Waals surface area contributed by atoms with E-state index in [1.807, 2.05) is 0 Å². The molecular formula is C11H13NO4S. The molecule has 0 unspecified atom stereocenters. The van der Waals surface area contributed by atoms with Crippen LogP contribution in [0.4, 0.5) is 0 Å². The van der Waals surface area contributed by atoms with Gasteiger partial charge in [-0.3, -0.25) is 9.59 Å². The van der Waals surface area contributed by atoms with Crippen molar-refractivity contribution in [2.45, 2.75) is 36.9 Å². The van der Waals surface area contributed by atoms with Gasteiger partial charge < -0.3 is 10.0 Å². The molecule has 17 heavy (non-hydrogen) atoms. The van der Waals surface area contributed by atoms with E-state index >= 15 is 0 Å². The Labute approximate surface area is 103 Å². The first kappa shape index (κ1) is 12.2. The van der Waals surface area contributed by atoms with Crippen molar-refractivity contribution in [3.05, 3.63) is 11.6 Å². The highest BCUT2D eigenvalue weighted by Crippen LogP contribution is 2.52. The Hall–Kier alpha value is -1.30. The predicted octanol–water partition coefficient (Wildman–Crippen LogP) is 0.649. The molecule has 1 N–H and O–H groups in total. The number of β-lactam (4-membered cyclic amide) rings is 1. The minimum atomic E-state index is -1.000. The number of aliphatic carboxylic acids is 1. The number of allylic oxidation sites excluding steroid dienone is 1. The van der Waals surface area contributed by atoms with E-state index in [4.69, 9.17) is 5.11 Å². The molecular weight excluding hydrogens is 242 g/mol. The summed E-state index contributed by atoms with van der Waals surface area (Å²) in [5.74, 6) is -1.53. The number of carboxylic acid groups (broad SMARTS) is 1. The van der Waals surface area contributed by atoms with Crippen molar-refractivity contribution in [3.63, 3.8) is 0 Å². The van der Waals surface area contributed by atoms with Crippen molar-refractivity contribution in [1.82, 2.24) is 4.90 Å². The number of carbonyl (C=O) groups is 3. The monoisotopic (exact) mass is 255 g/mol. The summed E-state index contributed by atoms with van der Waals surface area (Å²) in [7, 11) is 0. The molecule has 0 spiro atoms. The number of carboxylic acids is 1. The Morgan fingerprint density at radius 2 is 2.06 bits per heavy atom. The van der Waals surface area contributed by atoms with Crippen molar-refractivity contribution < 1.29 is 19.5 Å². The van der Waals surface area contributed by atoms with Gasteiger partial charge >= 0.3 is 5.97 Å². The number of ketones is 1. The second kappa shape index (κ2) is 3.60. The summed E-state index contributed by atoms with van der Waals surface area (Å²) in [6.07, 6.45) is 1.30. The van der Waals surface area contributed by atoms with E-state index in [9.17, 15) is 14.4 Å². The molecule has 0 aromatic heterocycles. The molecule has 2 aliphatic heterocycles. The molecule has 0 aromatic carbocycles. The molecule has 2 aliphatic rings. The van der Waals surface area contributed by atoms with Gasteiger partial charge in [0, 0.05) is 4.75 Å². The van der Waals surface area contributed by atoms with Crippen LogP contribution in [-0.2, 0) is 14.4 Å². The minimum absolute atomic E-state index is 0.190. The summed E-state index contributed by atoms with van der Waals surface area (Å²) < 4.78 is -0.543. The van der Waals surface area contributed by atoms with E-state index in [-0.39, 0.29) is 17.1 Å². The van der Waals surface area contributed by atoms with Gasteiger partial charge in [0.2, 0.25) is 0 Å². The SMILES string of the molecule is CC(=O)C=C1C(=O)N2[C@@H]1SC(C)(C)[C@@H]2C(=O)O. The van der Waals surface area contributed by atoms with Gasteiger partial charge in [-0.05, 0) is 26.8 Å². The number of hydrogen-bond donors (Lipinski definition) is 1. The summed E-state index contributed by atoms with van der Waals surface area (Å²) in [5, 5.41) is 8.87. The minimum Gasteiger partial charge on any atom is -0.480 e. The second-order valence-corrected chi connectivity index (χ2v) is 6.47. The van der Waals surface area contributed by atoms with E-state index < -0.39 is 16.8 Å². The zero-order valence-electron chi connectivity index (χ0n) is 9.76. The maximum absolute atomic E-state index is 11.8. The first-order chi connectivity index (χ1) is 7.75. The molecule has 2 heterocycles. The van der Waals surface area contributed by atoms with Gasteiger partial charge in [0.05, 0.1) is 5.57 Å². The highest BCUT2D eigenvalue weighted by atomic mass is 32.2. The van der Waals surface area contributed by atoms with Crippen LogP contribution < -0.4 is 0 Å². The quantitative estimate of drug-likeness (QED) is 0.579. The molecule has 0 saturated carbocycles. The van der Waals surface area contributed by atoms with Gasteiger partial charge in [-0.15, -0.1) is 11.8 Å². The molecule has 92 valence electrons. The van der Waals surface area contributed by atoms with E-state index in [2.05, 4.69) is 0 Å². The molecule has 0 bridgehead atoms. The molecule has 0 radical (unpaired) electrons. The van der Waals surface area contributed by atoms with Crippen molar-refractivity contribution in [2.24, 2.45) is 0 Å². The first-order valence-electron chi connectivity index (χ1n) is 5.21.